The van der Waals surface area contributed by atoms with Crippen molar-refractivity contribution in [1.82, 2.24) is 4.98 Å². The van der Waals surface area contributed by atoms with Crippen molar-refractivity contribution < 1.29 is 24.2 Å². The molecule has 0 bridgehead atoms. The highest BCUT2D eigenvalue weighted by Crippen LogP contribution is 2.30. The summed E-state index contributed by atoms with van der Waals surface area (Å²) in [5.41, 5.74) is 1.73. The number of aryl methyl sites for hydroxylation is 1. The molecule has 0 fully saturated rings. The third-order valence-corrected chi connectivity index (χ3v) is 3.87. The Labute approximate surface area is 150 Å². The summed E-state index contributed by atoms with van der Waals surface area (Å²) < 4.78 is 10.9. The van der Waals surface area contributed by atoms with E-state index in [1.165, 1.54) is 18.4 Å². The van der Waals surface area contributed by atoms with Crippen molar-refractivity contribution in [3.8, 4) is 28.7 Å². The van der Waals surface area contributed by atoms with Gasteiger partial charge in [-0.2, -0.15) is 0 Å². The maximum absolute atomic E-state index is 12.5. The molecule has 0 aliphatic carbocycles. The predicted octanol–water partition coefficient (Wildman–Crippen LogP) is 3.97. The van der Waals surface area contributed by atoms with Crippen molar-refractivity contribution in [3.63, 3.8) is 0 Å². The summed E-state index contributed by atoms with van der Waals surface area (Å²) in [4.78, 5) is 16.8. The van der Waals surface area contributed by atoms with Gasteiger partial charge < -0.3 is 19.4 Å². The molecule has 0 atom stereocenters. The van der Waals surface area contributed by atoms with Gasteiger partial charge in [0.2, 0.25) is 5.89 Å². The highest BCUT2D eigenvalue weighted by atomic mass is 16.5. The lowest BCUT2D eigenvalue weighted by Crippen LogP contribution is -2.05. The molecular weight excluding hydrogens is 334 g/mol. The second kappa shape index (κ2) is 7.74. The minimum absolute atomic E-state index is 0.0270. The first-order valence-corrected chi connectivity index (χ1v) is 8.30. The second-order valence-electron chi connectivity index (χ2n) is 5.70. The van der Waals surface area contributed by atoms with Crippen LogP contribution in [0.4, 0.5) is 0 Å². The molecule has 0 spiro atoms. The third kappa shape index (κ3) is 3.85. The van der Waals surface area contributed by atoms with E-state index in [0.717, 1.165) is 0 Å². The molecule has 0 aliphatic heterocycles. The van der Waals surface area contributed by atoms with Crippen molar-refractivity contribution in [3.05, 3.63) is 60.0 Å². The van der Waals surface area contributed by atoms with Crippen LogP contribution in [0.5, 0.6) is 17.2 Å². The fraction of sp³-hybridized carbons (Fsp3) is 0.200. The Balaban J connectivity index is 1.68. The summed E-state index contributed by atoms with van der Waals surface area (Å²) >= 11 is 0. The molecule has 3 aromatic rings. The molecule has 26 heavy (non-hydrogen) atoms. The molecule has 0 amide bonds. The fourth-order valence-corrected chi connectivity index (χ4v) is 2.57. The summed E-state index contributed by atoms with van der Waals surface area (Å²) in [7, 11) is 0. The van der Waals surface area contributed by atoms with E-state index in [1.54, 1.807) is 24.3 Å². The van der Waals surface area contributed by atoms with Gasteiger partial charge in [-0.3, -0.25) is 4.79 Å². The SMILES string of the molecule is CCOc1ccccc1C(=O)CCc1coc(-c2ccc(O)c(O)c2)n1. The van der Waals surface area contributed by atoms with Gasteiger partial charge >= 0.3 is 0 Å². The average Bonchev–Trinajstić information content (AvgIpc) is 3.12. The lowest BCUT2D eigenvalue weighted by atomic mass is 10.0. The largest absolute Gasteiger partial charge is 0.504 e. The Hall–Kier alpha value is -3.28. The van der Waals surface area contributed by atoms with E-state index in [-0.39, 0.29) is 23.7 Å². The van der Waals surface area contributed by atoms with Gasteiger partial charge in [-0.15, -0.1) is 0 Å². The van der Waals surface area contributed by atoms with Crippen LogP contribution in [0.1, 0.15) is 29.4 Å². The first-order chi connectivity index (χ1) is 12.6. The molecule has 1 aromatic heterocycles. The Morgan fingerprint density at radius 3 is 2.73 bits per heavy atom. The molecule has 0 saturated heterocycles. The summed E-state index contributed by atoms with van der Waals surface area (Å²) in [6.45, 7) is 2.37. The van der Waals surface area contributed by atoms with E-state index < -0.39 is 0 Å². The van der Waals surface area contributed by atoms with Gasteiger partial charge in [0.15, 0.2) is 17.3 Å². The number of hydrogen-bond donors (Lipinski definition) is 2. The fourth-order valence-electron chi connectivity index (χ4n) is 2.57. The summed E-state index contributed by atoms with van der Waals surface area (Å²) in [6, 6.07) is 11.5. The number of para-hydroxylation sites is 1. The molecule has 0 aliphatic rings. The van der Waals surface area contributed by atoms with Crippen molar-refractivity contribution in [2.24, 2.45) is 0 Å². The normalized spacial score (nSPS) is 10.7. The van der Waals surface area contributed by atoms with Gasteiger partial charge in [0.05, 0.1) is 17.9 Å². The first-order valence-electron chi connectivity index (χ1n) is 8.30. The number of ether oxygens (including phenoxy) is 1. The Morgan fingerprint density at radius 2 is 1.96 bits per heavy atom. The number of carbonyl (C=O) groups is 1. The number of ketones is 1. The van der Waals surface area contributed by atoms with Gasteiger partial charge in [-0.1, -0.05) is 12.1 Å². The van der Waals surface area contributed by atoms with Crippen molar-refractivity contribution in [2.75, 3.05) is 6.61 Å². The maximum Gasteiger partial charge on any atom is 0.226 e. The average molecular weight is 353 g/mol. The van der Waals surface area contributed by atoms with Crippen LogP contribution in [0.2, 0.25) is 0 Å². The van der Waals surface area contributed by atoms with E-state index in [0.29, 0.717) is 41.5 Å². The number of Topliss-reactive ketones (excluding diaryl/α,β-unsaturated/α-hetero) is 1. The van der Waals surface area contributed by atoms with Gasteiger partial charge in [-0.05, 0) is 37.3 Å². The van der Waals surface area contributed by atoms with E-state index >= 15 is 0 Å². The topological polar surface area (TPSA) is 92.8 Å². The van der Waals surface area contributed by atoms with Crippen LogP contribution in [0, 0.1) is 0 Å². The van der Waals surface area contributed by atoms with Gasteiger partial charge in [-0.25, -0.2) is 4.98 Å². The van der Waals surface area contributed by atoms with E-state index in [2.05, 4.69) is 4.98 Å². The molecule has 0 radical (unpaired) electrons. The second-order valence-corrected chi connectivity index (χ2v) is 5.70. The van der Waals surface area contributed by atoms with Crippen LogP contribution in [-0.4, -0.2) is 27.6 Å². The zero-order valence-electron chi connectivity index (χ0n) is 14.3. The summed E-state index contributed by atoms with van der Waals surface area (Å²) in [5.74, 6) is 0.419. The van der Waals surface area contributed by atoms with Gasteiger partial charge in [0, 0.05) is 18.4 Å². The maximum atomic E-state index is 12.5. The number of carbonyl (C=O) groups excluding carboxylic acids is 1. The number of oxazole rings is 1. The van der Waals surface area contributed by atoms with Gasteiger partial charge in [0.25, 0.3) is 0 Å². The van der Waals surface area contributed by atoms with Gasteiger partial charge in [0.1, 0.15) is 12.0 Å². The van der Waals surface area contributed by atoms with E-state index in [1.807, 2.05) is 13.0 Å². The molecule has 134 valence electrons. The smallest absolute Gasteiger partial charge is 0.226 e. The number of nitrogens with zero attached hydrogens (tertiary/aromatic N) is 1. The lowest BCUT2D eigenvalue weighted by molar-refractivity contribution is 0.0979. The van der Waals surface area contributed by atoms with E-state index in [9.17, 15) is 15.0 Å². The molecule has 3 rings (SSSR count). The summed E-state index contributed by atoms with van der Waals surface area (Å²) in [5, 5.41) is 18.9. The predicted molar refractivity (Wildman–Crippen MR) is 95.5 cm³/mol. The van der Waals surface area contributed by atoms with Crippen LogP contribution < -0.4 is 4.74 Å². The highest BCUT2D eigenvalue weighted by molar-refractivity contribution is 5.98. The van der Waals surface area contributed by atoms with Crippen LogP contribution in [0.25, 0.3) is 11.5 Å². The Bertz CT molecular complexity index is 916. The molecule has 2 aromatic carbocycles. The van der Waals surface area contributed by atoms with E-state index in [4.69, 9.17) is 9.15 Å². The number of aromatic hydroxyl groups is 2. The molecule has 0 saturated carbocycles. The standard InChI is InChI=1S/C20H19NO5/c1-2-25-19-6-4-3-5-15(19)16(22)10-8-14-12-26-20(21-14)13-7-9-17(23)18(24)11-13/h3-7,9,11-12,23-24H,2,8,10H2,1H3. The molecule has 2 N–H and O–H groups in total. The number of hydrogen-bond acceptors (Lipinski definition) is 6. The van der Waals surface area contributed by atoms with Crippen LogP contribution >= 0.6 is 0 Å². The number of benzene rings is 2. The van der Waals surface area contributed by atoms with Crippen LogP contribution in [-0.2, 0) is 6.42 Å². The Morgan fingerprint density at radius 1 is 1.15 bits per heavy atom. The zero-order chi connectivity index (χ0) is 18.5. The first kappa shape index (κ1) is 17.5. The Kier molecular flexibility index (Phi) is 5.22. The highest BCUT2D eigenvalue weighted by Gasteiger charge is 2.14. The number of phenols is 2. The quantitative estimate of drug-likeness (QED) is 0.493. The zero-order valence-corrected chi connectivity index (χ0v) is 14.3. The van der Waals surface area contributed by atoms with Crippen molar-refractivity contribution in [1.29, 1.82) is 0 Å². The van der Waals surface area contributed by atoms with Crippen molar-refractivity contribution >= 4 is 5.78 Å². The van der Waals surface area contributed by atoms with Crippen LogP contribution in [0.3, 0.4) is 0 Å². The summed E-state index contributed by atoms with van der Waals surface area (Å²) in [6.07, 6.45) is 2.19. The number of rotatable bonds is 7. The monoisotopic (exact) mass is 353 g/mol. The molecular formula is C20H19NO5. The number of phenolic OH excluding ortho intramolecular Hbond substituents is 2. The van der Waals surface area contributed by atoms with Crippen molar-refractivity contribution in [2.45, 2.75) is 19.8 Å². The van der Waals surface area contributed by atoms with Crippen LogP contribution in [0.15, 0.2) is 53.1 Å². The molecule has 6 nitrogen and oxygen atoms in total. The molecule has 6 heteroatoms. The molecule has 1 heterocycles. The minimum atomic E-state index is -0.245. The number of aromatic nitrogens is 1. The third-order valence-electron chi connectivity index (χ3n) is 3.87. The lowest BCUT2D eigenvalue weighted by Gasteiger charge is -2.08. The minimum Gasteiger partial charge on any atom is -0.504 e. The molecule has 0 unspecified atom stereocenters.